The SMILES string of the molecule is CCOc1ccc(C(N)c2cccc(C)n2)cc1. The number of aryl methyl sites for hydroxylation is 1. The molecule has 2 rings (SSSR count). The largest absolute Gasteiger partial charge is 0.494 e. The zero-order chi connectivity index (χ0) is 13.0. The minimum atomic E-state index is -0.194. The predicted molar refractivity (Wildman–Crippen MR) is 72.6 cm³/mol. The highest BCUT2D eigenvalue weighted by Crippen LogP contribution is 2.21. The Morgan fingerprint density at radius 3 is 2.50 bits per heavy atom. The molecule has 94 valence electrons. The van der Waals surface area contributed by atoms with E-state index in [1.165, 1.54) is 0 Å². The molecule has 0 spiro atoms. The summed E-state index contributed by atoms with van der Waals surface area (Å²) in [6, 6.07) is 13.6. The topological polar surface area (TPSA) is 48.1 Å². The van der Waals surface area contributed by atoms with Gasteiger partial charge in [-0.2, -0.15) is 0 Å². The standard InChI is InChI=1S/C15H18N2O/c1-3-18-13-9-7-12(8-10-13)15(16)14-6-4-5-11(2)17-14/h4-10,15H,3,16H2,1-2H3. The summed E-state index contributed by atoms with van der Waals surface area (Å²) in [6.07, 6.45) is 0. The maximum Gasteiger partial charge on any atom is 0.119 e. The van der Waals surface area contributed by atoms with Crippen LogP contribution < -0.4 is 10.5 Å². The van der Waals surface area contributed by atoms with Crippen molar-refractivity contribution < 1.29 is 4.74 Å². The van der Waals surface area contributed by atoms with Gasteiger partial charge in [-0.05, 0) is 43.7 Å². The van der Waals surface area contributed by atoms with Gasteiger partial charge < -0.3 is 10.5 Å². The minimum absolute atomic E-state index is 0.194. The molecule has 0 saturated heterocycles. The number of nitrogens with two attached hydrogens (primary N) is 1. The fourth-order valence-electron chi connectivity index (χ4n) is 1.85. The van der Waals surface area contributed by atoms with E-state index >= 15 is 0 Å². The maximum atomic E-state index is 6.21. The van der Waals surface area contributed by atoms with Crippen LogP contribution in [0, 0.1) is 6.92 Å². The van der Waals surface area contributed by atoms with Crippen molar-refractivity contribution in [2.24, 2.45) is 5.73 Å². The molecule has 18 heavy (non-hydrogen) atoms. The van der Waals surface area contributed by atoms with Gasteiger partial charge in [-0.1, -0.05) is 18.2 Å². The number of rotatable bonds is 4. The van der Waals surface area contributed by atoms with Crippen LogP contribution in [-0.2, 0) is 0 Å². The van der Waals surface area contributed by atoms with Crippen LogP contribution in [0.5, 0.6) is 5.75 Å². The second kappa shape index (κ2) is 5.65. The summed E-state index contributed by atoms with van der Waals surface area (Å²) in [7, 11) is 0. The van der Waals surface area contributed by atoms with Crippen LogP contribution in [0.25, 0.3) is 0 Å². The van der Waals surface area contributed by atoms with Crippen molar-refractivity contribution in [3.8, 4) is 5.75 Å². The molecule has 3 heteroatoms. The highest BCUT2D eigenvalue weighted by molar-refractivity contribution is 5.33. The van der Waals surface area contributed by atoms with Crippen molar-refractivity contribution in [3.63, 3.8) is 0 Å². The van der Waals surface area contributed by atoms with E-state index in [0.717, 1.165) is 22.7 Å². The van der Waals surface area contributed by atoms with E-state index in [-0.39, 0.29) is 6.04 Å². The average Bonchev–Trinajstić information content (AvgIpc) is 2.39. The van der Waals surface area contributed by atoms with Gasteiger partial charge in [0.15, 0.2) is 0 Å². The van der Waals surface area contributed by atoms with Crippen molar-refractivity contribution in [1.82, 2.24) is 4.98 Å². The highest BCUT2D eigenvalue weighted by atomic mass is 16.5. The van der Waals surface area contributed by atoms with Crippen molar-refractivity contribution >= 4 is 0 Å². The Bertz CT molecular complexity index is 508. The molecule has 3 nitrogen and oxygen atoms in total. The molecule has 1 unspecified atom stereocenters. The summed E-state index contributed by atoms with van der Waals surface area (Å²) in [5.41, 5.74) is 9.11. The monoisotopic (exact) mass is 242 g/mol. The van der Waals surface area contributed by atoms with Gasteiger partial charge >= 0.3 is 0 Å². The van der Waals surface area contributed by atoms with Gasteiger partial charge in [-0.25, -0.2) is 0 Å². The van der Waals surface area contributed by atoms with E-state index in [1.807, 2.05) is 56.3 Å². The molecule has 0 fully saturated rings. The van der Waals surface area contributed by atoms with E-state index in [9.17, 15) is 0 Å². The fraction of sp³-hybridized carbons (Fsp3) is 0.267. The molecule has 2 N–H and O–H groups in total. The van der Waals surface area contributed by atoms with Crippen molar-refractivity contribution in [2.45, 2.75) is 19.9 Å². The lowest BCUT2D eigenvalue weighted by molar-refractivity contribution is 0.340. The molecule has 0 radical (unpaired) electrons. The van der Waals surface area contributed by atoms with Crippen LogP contribution in [0.1, 0.15) is 29.9 Å². The number of nitrogens with zero attached hydrogens (tertiary/aromatic N) is 1. The first-order valence-electron chi connectivity index (χ1n) is 6.12. The zero-order valence-electron chi connectivity index (χ0n) is 10.8. The number of hydrogen-bond donors (Lipinski definition) is 1. The first-order valence-corrected chi connectivity index (χ1v) is 6.12. The van der Waals surface area contributed by atoms with Crippen molar-refractivity contribution in [1.29, 1.82) is 0 Å². The Morgan fingerprint density at radius 1 is 1.17 bits per heavy atom. The lowest BCUT2D eigenvalue weighted by Gasteiger charge is -2.13. The summed E-state index contributed by atoms with van der Waals surface area (Å²) in [5, 5.41) is 0. The van der Waals surface area contributed by atoms with E-state index in [1.54, 1.807) is 0 Å². The number of hydrogen-bond acceptors (Lipinski definition) is 3. The molecular weight excluding hydrogens is 224 g/mol. The van der Waals surface area contributed by atoms with E-state index in [2.05, 4.69) is 4.98 Å². The molecule has 0 saturated carbocycles. The highest BCUT2D eigenvalue weighted by Gasteiger charge is 2.10. The summed E-state index contributed by atoms with van der Waals surface area (Å²) >= 11 is 0. The number of ether oxygens (including phenoxy) is 1. The van der Waals surface area contributed by atoms with Gasteiger partial charge in [0.1, 0.15) is 5.75 Å². The van der Waals surface area contributed by atoms with Crippen LogP contribution in [0.3, 0.4) is 0 Å². The third-order valence-corrected chi connectivity index (χ3v) is 2.78. The molecule has 1 heterocycles. The minimum Gasteiger partial charge on any atom is -0.494 e. The molecule has 1 aromatic carbocycles. The van der Waals surface area contributed by atoms with Crippen molar-refractivity contribution in [3.05, 3.63) is 59.4 Å². The molecule has 1 aromatic heterocycles. The van der Waals surface area contributed by atoms with Gasteiger partial charge in [-0.15, -0.1) is 0 Å². The van der Waals surface area contributed by atoms with Crippen molar-refractivity contribution in [2.75, 3.05) is 6.61 Å². The van der Waals surface area contributed by atoms with Crippen LogP contribution >= 0.6 is 0 Å². The van der Waals surface area contributed by atoms with Crippen LogP contribution in [0.2, 0.25) is 0 Å². The van der Waals surface area contributed by atoms with Gasteiger partial charge in [0.25, 0.3) is 0 Å². The molecule has 0 aliphatic heterocycles. The third kappa shape index (κ3) is 2.87. The summed E-state index contributed by atoms with van der Waals surface area (Å²) in [6.45, 7) is 4.61. The number of pyridine rings is 1. The van der Waals surface area contributed by atoms with E-state index in [0.29, 0.717) is 6.61 Å². The maximum absolute atomic E-state index is 6.21. The lowest BCUT2D eigenvalue weighted by atomic mass is 10.0. The van der Waals surface area contributed by atoms with Gasteiger partial charge in [0.05, 0.1) is 18.3 Å². The second-order valence-electron chi connectivity index (χ2n) is 4.18. The lowest BCUT2D eigenvalue weighted by Crippen LogP contribution is -2.13. The Kier molecular flexibility index (Phi) is 3.95. The van der Waals surface area contributed by atoms with Crippen LogP contribution in [-0.4, -0.2) is 11.6 Å². The van der Waals surface area contributed by atoms with Gasteiger partial charge in [0.2, 0.25) is 0 Å². The molecule has 0 amide bonds. The van der Waals surface area contributed by atoms with E-state index in [4.69, 9.17) is 10.5 Å². The van der Waals surface area contributed by atoms with Crippen LogP contribution in [0.4, 0.5) is 0 Å². The first kappa shape index (κ1) is 12.6. The number of benzene rings is 1. The Labute approximate surface area is 108 Å². The molecule has 0 bridgehead atoms. The Hall–Kier alpha value is -1.87. The second-order valence-corrected chi connectivity index (χ2v) is 4.18. The molecule has 0 aliphatic carbocycles. The first-order chi connectivity index (χ1) is 8.70. The summed E-state index contributed by atoms with van der Waals surface area (Å²) in [5.74, 6) is 0.866. The molecule has 0 aliphatic rings. The zero-order valence-corrected chi connectivity index (χ0v) is 10.8. The molecule has 2 aromatic rings. The van der Waals surface area contributed by atoms with Crippen LogP contribution in [0.15, 0.2) is 42.5 Å². The number of aromatic nitrogens is 1. The Balaban J connectivity index is 2.20. The molecule has 1 atom stereocenters. The Morgan fingerprint density at radius 2 is 1.89 bits per heavy atom. The average molecular weight is 242 g/mol. The van der Waals surface area contributed by atoms with E-state index < -0.39 is 0 Å². The smallest absolute Gasteiger partial charge is 0.119 e. The quantitative estimate of drug-likeness (QED) is 0.896. The molecular formula is C15H18N2O. The predicted octanol–water partition coefficient (Wildman–Crippen LogP) is 2.84. The van der Waals surface area contributed by atoms with Gasteiger partial charge in [0, 0.05) is 5.69 Å². The third-order valence-electron chi connectivity index (χ3n) is 2.78. The summed E-state index contributed by atoms with van der Waals surface area (Å²) in [4.78, 5) is 4.45. The summed E-state index contributed by atoms with van der Waals surface area (Å²) < 4.78 is 5.41. The fourth-order valence-corrected chi connectivity index (χ4v) is 1.85. The normalized spacial score (nSPS) is 12.2. The van der Waals surface area contributed by atoms with Gasteiger partial charge in [-0.3, -0.25) is 4.98 Å².